The summed E-state index contributed by atoms with van der Waals surface area (Å²) in [6, 6.07) is 3.99. The molecule has 0 bridgehead atoms. The molecule has 8 heteroatoms. The van der Waals surface area contributed by atoms with Crippen LogP contribution in [0.2, 0.25) is 0 Å². The lowest BCUT2D eigenvalue weighted by Crippen LogP contribution is -2.58. The van der Waals surface area contributed by atoms with E-state index in [4.69, 9.17) is 5.73 Å². The first-order valence-electron chi connectivity index (χ1n) is 6.15. The first-order valence-corrected chi connectivity index (χ1v) is 6.94. The standard InChI is InChI=1S/C13H12BrF3N4/c14-7-1-2-10(15)9(3-7)13(12(16)17)6-21-8(5-19-13)4-11(18)20-21/h1-5,12,19-20H,6,18H2. The molecule has 21 heavy (non-hydrogen) atoms. The van der Waals surface area contributed by atoms with Gasteiger partial charge in [-0.05, 0) is 18.2 Å². The molecule has 0 aliphatic carbocycles. The van der Waals surface area contributed by atoms with Gasteiger partial charge in [0.25, 0.3) is 6.43 Å². The van der Waals surface area contributed by atoms with E-state index in [1.165, 1.54) is 23.3 Å². The lowest BCUT2D eigenvalue weighted by molar-refractivity contribution is 0.00342. The van der Waals surface area contributed by atoms with E-state index < -0.39 is 17.8 Å². The van der Waals surface area contributed by atoms with Crippen molar-refractivity contribution >= 4 is 15.9 Å². The summed E-state index contributed by atoms with van der Waals surface area (Å²) in [7, 11) is 0. The number of nitrogens with one attached hydrogen (secondary N) is 2. The normalized spacial score (nSPS) is 24.1. The number of hydrogen-bond donors (Lipinski definition) is 3. The number of nitrogens with two attached hydrogens (primary N) is 1. The summed E-state index contributed by atoms with van der Waals surface area (Å²) >= 11 is 3.19. The van der Waals surface area contributed by atoms with Crippen molar-refractivity contribution in [2.24, 2.45) is 5.73 Å². The lowest BCUT2D eigenvalue weighted by Gasteiger charge is -2.41. The molecule has 0 radical (unpaired) electrons. The molecule has 2 aliphatic rings. The van der Waals surface area contributed by atoms with Crippen molar-refractivity contribution in [3.05, 3.63) is 57.8 Å². The Balaban J connectivity index is 2.06. The van der Waals surface area contributed by atoms with Gasteiger partial charge in [-0.1, -0.05) is 15.9 Å². The number of benzene rings is 1. The smallest absolute Gasteiger partial charge is 0.267 e. The van der Waals surface area contributed by atoms with E-state index in [1.54, 1.807) is 6.08 Å². The van der Waals surface area contributed by atoms with Gasteiger partial charge in [0, 0.05) is 22.3 Å². The number of allylic oxidation sites excluding steroid dienone is 1. The third-order valence-electron chi connectivity index (χ3n) is 3.55. The zero-order valence-electron chi connectivity index (χ0n) is 10.7. The molecule has 1 unspecified atom stereocenters. The van der Waals surface area contributed by atoms with Crippen LogP contribution in [-0.2, 0) is 5.54 Å². The topological polar surface area (TPSA) is 53.3 Å². The van der Waals surface area contributed by atoms with Gasteiger partial charge in [-0.25, -0.2) is 13.2 Å². The van der Waals surface area contributed by atoms with Crippen LogP contribution in [0.1, 0.15) is 5.56 Å². The van der Waals surface area contributed by atoms with E-state index in [2.05, 4.69) is 26.7 Å². The fraction of sp³-hybridized carbons (Fsp3) is 0.231. The molecule has 4 N–H and O–H groups in total. The second-order valence-corrected chi connectivity index (χ2v) is 5.82. The molecular formula is C13H12BrF3N4. The number of hydrogen-bond acceptors (Lipinski definition) is 4. The Hall–Kier alpha value is -1.83. The number of nitrogens with zero attached hydrogens (tertiary/aromatic N) is 1. The minimum atomic E-state index is -2.82. The van der Waals surface area contributed by atoms with Crippen LogP contribution in [0, 0.1) is 5.82 Å². The summed E-state index contributed by atoms with van der Waals surface area (Å²) in [5.41, 5.74) is 7.05. The van der Waals surface area contributed by atoms with Crippen molar-refractivity contribution in [2.45, 2.75) is 12.0 Å². The molecule has 1 aromatic rings. The molecule has 4 nitrogen and oxygen atoms in total. The molecule has 0 aromatic heterocycles. The predicted molar refractivity (Wildman–Crippen MR) is 75.1 cm³/mol. The average molecular weight is 361 g/mol. The summed E-state index contributed by atoms with van der Waals surface area (Å²) in [6.45, 7) is -0.166. The van der Waals surface area contributed by atoms with Gasteiger partial charge in [0.15, 0.2) is 0 Å². The largest absolute Gasteiger partial charge is 0.384 e. The molecule has 0 amide bonds. The van der Waals surface area contributed by atoms with Gasteiger partial charge in [-0.2, -0.15) is 0 Å². The van der Waals surface area contributed by atoms with Gasteiger partial charge in [0.2, 0.25) is 0 Å². The minimum Gasteiger partial charge on any atom is -0.384 e. The minimum absolute atomic E-state index is 0.102. The van der Waals surface area contributed by atoms with Crippen LogP contribution in [-0.4, -0.2) is 18.0 Å². The molecule has 0 saturated carbocycles. The van der Waals surface area contributed by atoms with Crippen molar-refractivity contribution in [3.63, 3.8) is 0 Å². The summed E-state index contributed by atoms with van der Waals surface area (Å²) in [5.74, 6) is -0.342. The van der Waals surface area contributed by atoms with Gasteiger partial charge < -0.3 is 11.1 Å². The summed E-state index contributed by atoms with van der Waals surface area (Å²) in [6.07, 6.45) is 0.199. The van der Waals surface area contributed by atoms with Crippen molar-refractivity contribution in [3.8, 4) is 0 Å². The third-order valence-corrected chi connectivity index (χ3v) is 4.04. The third kappa shape index (κ3) is 2.23. The number of halogens is 4. The van der Waals surface area contributed by atoms with Crippen LogP contribution in [0.3, 0.4) is 0 Å². The maximum Gasteiger partial charge on any atom is 0.267 e. The molecule has 2 heterocycles. The summed E-state index contributed by atoms with van der Waals surface area (Å²) in [5, 5.41) is 4.12. The molecule has 0 spiro atoms. The van der Waals surface area contributed by atoms with E-state index >= 15 is 0 Å². The highest BCUT2D eigenvalue weighted by atomic mass is 79.9. The van der Waals surface area contributed by atoms with Gasteiger partial charge in [-0.15, -0.1) is 0 Å². The second-order valence-electron chi connectivity index (χ2n) is 4.91. The Morgan fingerprint density at radius 2 is 2.14 bits per heavy atom. The molecule has 1 aromatic carbocycles. The average Bonchev–Trinajstić information content (AvgIpc) is 2.80. The van der Waals surface area contributed by atoms with E-state index in [0.29, 0.717) is 16.0 Å². The Morgan fingerprint density at radius 3 is 2.86 bits per heavy atom. The highest BCUT2D eigenvalue weighted by molar-refractivity contribution is 9.10. The molecule has 1 atom stereocenters. The second kappa shape index (κ2) is 4.87. The van der Waals surface area contributed by atoms with Crippen molar-refractivity contribution in [1.82, 2.24) is 15.8 Å². The Morgan fingerprint density at radius 1 is 1.38 bits per heavy atom. The van der Waals surface area contributed by atoms with Gasteiger partial charge in [-0.3, -0.25) is 10.4 Å². The van der Waals surface area contributed by atoms with Gasteiger partial charge in [0.05, 0.1) is 12.2 Å². The molecular weight excluding hydrogens is 349 g/mol. The predicted octanol–water partition coefficient (Wildman–Crippen LogP) is 2.11. The maximum absolute atomic E-state index is 14.1. The zero-order valence-corrected chi connectivity index (χ0v) is 12.3. The van der Waals surface area contributed by atoms with Crippen LogP contribution in [0.25, 0.3) is 0 Å². The quantitative estimate of drug-likeness (QED) is 0.756. The van der Waals surface area contributed by atoms with E-state index in [0.717, 1.165) is 6.07 Å². The van der Waals surface area contributed by atoms with Crippen LogP contribution >= 0.6 is 15.9 Å². The van der Waals surface area contributed by atoms with Crippen LogP contribution in [0.5, 0.6) is 0 Å². The Bertz CT molecular complexity index is 646. The summed E-state index contributed by atoms with van der Waals surface area (Å²) in [4.78, 5) is 0. The molecule has 2 aliphatic heterocycles. The van der Waals surface area contributed by atoms with Gasteiger partial charge in [0.1, 0.15) is 17.2 Å². The molecule has 0 saturated heterocycles. The number of fused-ring (bicyclic) bond motifs is 1. The van der Waals surface area contributed by atoms with Crippen molar-refractivity contribution in [1.29, 1.82) is 0 Å². The molecule has 0 fully saturated rings. The Labute approximate surface area is 127 Å². The number of alkyl halides is 2. The first kappa shape index (κ1) is 14.1. The molecule has 112 valence electrons. The Kier molecular flexibility index (Phi) is 3.27. The SMILES string of the molecule is NC1=CC2=CNC(c3cc(Br)ccc3F)(C(F)F)CN2N1. The van der Waals surface area contributed by atoms with E-state index in [-0.39, 0.29) is 12.1 Å². The molecule has 3 rings (SSSR count). The van der Waals surface area contributed by atoms with Crippen LogP contribution in [0.15, 0.2) is 46.5 Å². The van der Waals surface area contributed by atoms with Crippen molar-refractivity contribution < 1.29 is 13.2 Å². The number of hydrazine groups is 1. The summed E-state index contributed by atoms with van der Waals surface area (Å²) < 4.78 is 42.1. The zero-order chi connectivity index (χ0) is 15.2. The van der Waals surface area contributed by atoms with Gasteiger partial charge >= 0.3 is 0 Å². The first-order chi connectivity index (χ1) is 9.92. The van der Waals surface area contributed by atoms with Crippen LogP contribution < -0.4 is 16.5 Å². The fourth-order valence-corrected chi connectivity index (χ4v) is 2.85. The van der Waals surface area contributed by atoms with E-state index in [1.807, 2.05) is 0 Å². The highest BCUT2D eigenvalue weighted by Gasteiger charge is 2.47. The fourth-order valence-electron chi connectivity index (χ4n) is 2.49. The van der Waals surface area contributed by atoms with E-state index in [9.17, 15) is 13.2 Å². The number of rotatable bonds is 2. The van der Waals surface area contributed by atoms with Crippen LogP contribution in [0.4, 0.5) is 13.2 Å². The lowest BCUT2D eigenvalue weighted by atomic mass is 9.88. The monoisotopic (exact) mass is 360 g/mol. The maximum atomic E-state index is 14.1. The highest BCUT2D eigenvalue weighted by Crippen LogP contribution is 2.36. The van der Waals surface area contributed by atoms with Crippen molar-refractivity contribution in [2.75, 3.05) is 6.54 Å².